The monoisotopic (exact) mass is 328 g/mol. The summed E-state index contributed by atoms with van der Waals surface area (Å²) in [4.78, 5) is 16.5. The number of carbonyl (C=O) groups excluding carboxylic acids is 1. The highest BCUT2D eigenvalue weighted by Gasteiger charge is 2.30. The predicted octanol–water partition coefficient (Wildman–Crippen LogP) is 2.43. The molecular formula is C18H24N4O2. The predicted molar refractivity (Wildman–Crippen MR) is 91.0 cm³/mol. The van der Waals surface area contributed by atoms with Gasteiger partial charge in [-0.2, -0.15) is 0 Å². The van der Waals surface area contributed by atoms with Crippen LogP contribution in [0.15, 0.2) is 34.7 Å². The molecule has 0 unspecified atom stereocenters. The zero-order chi connectivity index (χ0) is 17.2. The summed E-state index contributed by atoms with van der Waals surface area (Å²) in [5.41, 5.74) is 0.607. The summed E-state index contributed by atoms with van der Waals surface area (Å²) in [7, 11) is 0. The molecule has 3 rings (SSSR count). The minimum Gasteiger partial charge on any atom is -0.419 e. The van der Waals surface area contributed by atoms with Crippen molar-refractivity contribution in [2.24, 2.45) is 5.41 Å². The van der Waals surface area contributed by atoms with Crippen LogP contribution >= 0.6 is 0 Å². The molecule has 1 aromatic heterocycles. The first-order valence-corrected chi connectivity index (χ1v) is 8.33. The van der Waals surface area contributed by atoms with E-state index in [4.69, 9.17) is 4.42 Å². The van der Waals surface area contributed by atoms with Crippen molar-refractivity contribution in [3.63, 3.8) is 0 Å². The number of nitrogens with zero attached hydrogens (tertiary/aromatic N) is 4. The van der Waals surface area contributed by atoms with E-state index in [0.29, 0.717) is 18.3 Å². The Labute approximate surface area is 142 Å². The van der Waals surface area contributed by atoms with Crippen LogP contribution in [0.5, 0.6) is 0 Å². The van der Waals surface area contributed by atoms with E-state index in [1.165, 1.54) is 0 Å². The summed E-state index contributed by atoms with van der Waals surface area (Å²) in [6, 6.07) is 9.76. The first-order chi connectivity index (χ1) is 11.4. The molecule has 6 heteroatoms. The first kappa shape index (κ1) is 16.6. The first-order valence-electron chi connectivity index (χ1n) is 8.33. The Morgan fingerprint density at radius 3 is 2.38 bits per heavy atom. The number of aromatic nitrogens is 2. The maximum Gasteiger partial charge on any atom is 0.247 e. The normalized spacial score (nSPS) is 16.4. The minimum atomic E-state index is -0.320. The van der Waals surface area contributed by atoms with Crippen molar-refractivity contribution in [3.8, 4) is 11.5 Å². The zero-order valence-electron chi connectivity index (χ0n) is 14.5. The van der Waals surface area contributed by atoms with Gasteiger partial charge in [0, 0.05) is 37.2 Å². The Kier molecular flexibility index (Phi) is 4.66. The molecule has 1 fully saturated rings. The summed E-state index contributed by atoms with van der Waals surface area (Å²) in [5.74, 6) is 1.38. The summed E-state index contributed by atoms with van der Waals surface area (Å²) < 4.78 is 5.76. The van der Waals surface area contributed by atoms with Gasteiger partial charge in [0.25, 0.3) is 0 Å². The fourth-order valence-corrected chi connectivity index (χ4v) is 2.79. The van der Waals surface area contributed by atoms with Crippen molar-refractivity contribution >= 4 is 5.91 Å². The van der Waals surface area contributed by atoms with Crippen molar-refractivity contribution in [2.45, 2.75) is 27.3 Å². The summed E-state index contributed by atoms with van der Waals surface area (Å²) >= 11 is 0. The third kappa shape index (κ3) is 3.82. The van der Waals surface area contributed by atoms with Gasteiger partial charge in [0.2, 0.25) is 17.7 Å². The van der Waals surface area contributed by atoms with Crippen molar-refractivity contribution in [1.82, 2.24) is 20.0 Å². The molecule has 2 aromatic rings. The van der Waals surface area contributed by atoms with Crippen molar-refractivity contribution < 1.29 is 9.21 Å². The van der Waals surface area contributed by atoms with Crippen LogP contribution in [0.4, 0.5) is 0 Å². The molecule has 0 saturated carbocycles. The van der Waals surface area contributed by atoms with E-state index in [0.717, 1.165) is 31.7 Å². The van der Waals surface area contributed by atoms with Crippen molar-refractivity contribution in [2.75, 3.05) is 26.2 Å². The molecular weight excluding hydrogens is 304 g/mol. The molecule has 128 valence electrons. The largest absolute Gasteiger partial charge is 0.419 e. The number of benzene rings is 1. The number of hydrogen-bond donors (Lipinski definition) is 0. The maximum atomic E-state index is 12.3. The smallest absolute Gasteiger partial charge is 0.247 e. The highest BCUT2D eigenvalue weighted by atomic mass is 16.4. The van der Waals surface area contributed by atoms with Crippen LogP contribution in [0.25, 0.3) is 11.5 Å². The van der Waals surface area contributed by atoms with Gasteiger partial charge in [-0.1, -0.05) is 39.0 Å². The van der Waals surface area contributed by atoms with Gasteiger partial charge < -0.3 is 9.32 Å². The van der Waals surface area contributed by atoms with Gasteiger partial charge in [-0.05, 0) is 12.1 Å². The maximum absolute atomic E-state index is 12.3. The highest BCUT2D eigenvalue weighted by molar-refractivity contribution is 5.81. The quantitative estimate of drug-likeness (QED) is 0.866. The number of hydrogen-bond acceptors (Lipinski definition) is 5. The summed E-state index contributed by atoms with van der Waals surface area (Å²) in [5, 5.41) is 8.26. The molecule has 1 aromatic carbocycles. The molecule has 1 aliphatic rings. The SMILES string of the molecule is CC(C)(C)C(=O)N1CCN(Cc2nnc(-c3ccccc3)o2)CC1. The van der Waals surface area contributed by atoms with Crippen LogP contribution in [0.3, 0.4) is 0 Å². The van der Waals surface area contributed by atoms with Gasteiger partial charge in [0.1, 0.15) is 0 Å². The van der Waals surface area contributed by atoms with E-state index in [-0.39, 0.29) is 11.3 Å². The molecule has 0 radical (unpaired) electrons. The molecule has 24 heavy (non-hydrogen) atoms. The van der Waals surface area contributed by atoms with Gasteiger partial charge in [-0.25, -0.2) is 0 Å². The number of rotatable bonds is 3. The second-order valence-electron chi connectivity index (χ2n) is 7.19. The van der Waals surface area contributed by atoms with Crippen LogP contribution in [0.1, 0.15) is 26.7 Å². The van der Waals surface area contributed by atoms with Crippen LogP contribution in [-0.2, 0) is 11.3 Å². The Hall–Kier alpha value is -2.21. The summed E-state index contributed by atoms with van der Waals surface area (Å²) in [6.45, 7) is 9.65. The molecule has 1 saturated heterocycles. The molecule has 6 nitrogen and oxygen atoms in total. The molecule has 0 spiro atoms. The lowest BCUT2D eigenvalue weighted by molar-refractivity contribution is -0.141. The molecule has 0 atom stereocenters. The molecule has 0 aliphatic carbocycles. The lowest BCUT2D eigenvalue weighted by atomic mass is 9.94. The van der Waals surface area contributed by atoms with Gasteiger partial charge in [0.05, 0.1) is 6.54 Å². The van der Waals surface area contributed by atoms with Crippen LogP contribution in [-0.4, -0.2) is 52.1 Å². The van der Waals surface area contributed by atoms with E-state index in [9.17, 15) is 4.79 Å². The average Bonchev–Trinajstić information content (AvgIpc) is 3.03. The standard InChI is InChI=1S/C18H24N4O2/c1-18(2,3)17(23)22-11-9-21(10-12-22)13-15-19-20-16(24-15)14-7-5-4-6-8-14/h4-8H,9-13H2,1-3H3. The lowest BCUT2D eigenvalue weighted by Gasteiger charge is -2.37. The Morgan fingerprint density at radius 2 is 1.75 bits per heavy atom. The van der Waals surface area contributed by atoms with Gasteiger partial charge in [-0.15, -0.1) is 10.2 Å². The fraction of sp³-hybridized carbons (Fsp3) is 0.500. The van der Waals surface area contributed by atoms with Gasteiger partial charge in [0.15, 0.2) is 0 Å². The third-order valence-corrected chi connectivity index (χ3v) is 4.15. The Bertz CT molecular complexity index is 683. The molecule has 1 aliphatic heterocycles. The Morgan fingerprint density at radius 1 is 1.08 bits per heavy atom. The lowest BCUT2D eigenvalue weighted by Crippen LogP contribution is -2.51. The topological polar surface area (TPSA) is 62.5 Å². The van der Waals surface area contributed by atoms with Crippen LogP contribution in [0.2, 0.25) is 0 Å². The van der Waals surface area contributed by atoms with Crippen molar-refractivity contribution in [1.29, 1.82) is 0 Å². The van der Waals surface area contributed by atoms with Crippen LogP contribution < -0.4 is 0 Å². The Balaban J connectivity index is 1.56. The van der Waals surface area contributed by atoms with E-state index < -0.39 is 0 Å². The minimum absolute atomic E-state index is 0.214. The van der Waals surface area contributed by atoms with Gasteiger partial charge in [-0.3, -0.25) is 9.69 Å². The summed E-state index contributed by atoms with van der Waals surface area (Å²) in [6.07, 6.45) is 0. The third-order valence-electron chi connectivity index (χ3n) is 4.15. The second-order valence-corrected chi connectivity index (χ2v) is 7.19. The van der Waals surface area contributed by atoms with E-state index >= 15 is 0 Å². The highest BCUT2D eigenvalue weighted by Crippen LogP contribution is 2.20. The second kappa shape index (κ2) is 6.73. The molecule has 0 N–H and O–H groups in total. The van der Waals surface area contributed by atoms with Crippen LogP contribution in [0, 0.1) is 5.41 Å². The van der Waals surface area contributed by atoms with E-state index in [1.54, 1.807) is 0 Å². The number of piperazine rings is 1. The molecule has 2 heterocycles. The molecule has 0 bridgehead atoms. The van der Waals surface area contributed by atoms with Crippen molar-refractivity contribution in [3.05, 3.63) is 36.2 Å². The van der Waals surface area contributed by atoms with E-state index in [1.807, 2.05) is 56.0 Å². The van der Waals surface area contributed by atoms with E-state index in [2.05, 4.69) is 15.1 Å². The molecule has 1 amide bonds. The number of carbonyl (C=O) groups is 1. The fourth-order valence-electron chi connectivity index (χ4n) is 2.79. The average molecular weight is 328 g/mol. The zero-order valence-corrected chi connectivity index (χ0v) is 14.5. The van der Waals surface area contributed by atoms with Gasteiger partial charge >= 0.3 is 0 Å². The number of amides is 1.